The van der Waals surface area contributed by atoms with E-state index < -0.39 is 49.5 Å². The molecule has 1 fully saturated rings. The molecule has 87 heavy (non-hydrogen) atoms. The van der Waals surface area contributed by atoms with Gasteiger partial charge in [-0.05, 0) is 103 Å². The molecule has 0 bridgehead atoms. The molecule has 0 aromatic rings. The maximum atomic E-state index is 13.1. The van der Waals surface area contributed by atoms with E-state index in [9.17, 15) is 35.1 Å². The lowest BCUT2D eigenvalue weighted by Gasteiger charge is -2.40. The minimum Gasteiger partial charge on any atom is -0.466 e. The van der Waals surface area contributed by atoms with Gasteiger partial charge in [-0.3, -0.25) is 9.59 Å². The molecule has 11 heteroatoms. The molecule has 1 heterocycles. The zero-order valence-corrected chi connectivity index (χ0v) is 56.5. The van der Waals surface area contributed by atoms with Crippen molar-refractivity contribution in [2.75, 3.05) is 19.8 Å². The number of esters is 1. The molecule has 0 aliphatic carbocycles. The van der Waals surface area contributed by atoms with E-state index in [2.05, 4.69) is 67.8 Å². The molecule has 7 atom stereocenters. The van der Waals surface area contributed by atoms with Gasteiger partial charge in [-0.25, -0.2) is 0 Å². The second-order valence-electron chi connectivity index (χ2n) is 25.6. The number of rotatable bonds is 65. The van der Waals surface area contributed by atoms with Crippen LogP contribution in [-0.2, 0) is 23.8 Å². The van der Waals surface area contributed by atoms with Crippen molar-refractivity contribution in [1.82, 2.24) is 5.32 Å². The minimum absolute atomic E-state index is 0.00356. The number of nitrogens with one attached hydrogen (secondary N) is 1. The summed E-state index contributed by atoms with van der Waals surface area (Å²) in [5.74, 6) is -0.192. The van der Waals surface area contributed by atoms with E-state index in [1.54, 1.807) is 6.08 Å². The molecule has 1 amide bonds. The Morgan fingerprint density at radius 2 is 0.782 bits per heavy atom. The smallest absolute Gasteiger partial charge is 0.305 e. The summed E-state index contributed by atoms with van der Waals surface area (Å²) < 4.78 is 16.7. The summed E-state index contributed by atoms with van der Waals surface area (Å²) in [4.78, 5) is 25.1. The van der Waals surface area contributed by atoms with Crippen molar-refractivity contribution in [3.63, 3.8) is 0 Å². The summed E-state index contributed by atoms with van der Waals surface area (Å²) in [5, 5.41) is 54.5. The first kappa shape index (κ1) is 82.4. The second kappa shape index (κ2) is 64.9. The summed E-state index contributed by atoms with van der Waals surface area (Å²) in [6.07, 6.45) is 76.5. The van der Waals surface area contributed by atoms with Crippen LogP contribution in [0.2, 0.25) is 0 Å². The van der Waals surface area contributed by atoms with Gasteiger partial charge in [0.2, 0.25) is 5.91 Å². The highest BCUT2D eigenvalue weighted by Crippen LogP contribution is 2.23. The normalized spacial score (nSPS) is 18.2. The van der Waals surface area contributed by atoms with Crippen LogP contribution in [0, 0.1) is 0 Å². The number of carbonyl (C=O) groups excluding carboxylic acids is 2. The van der Waals surface area contributed by atoms with Crippen molar-refractivity contribution in [3.05, 3.63) is 60.8 Å². The molecule has 6 N–H and O–H groups in total. The number of carbonyl (C=O) groups is 2. The first-order valence-corrected chi connectivity index (χ1v) is 37.1. The van der Waals surface area contributed by atoms with Crippen LogP contribution in [0.4, 0.5) is 0 Å². The largest absolute Gasteiger partial charge is 0.466 e. The Labute approximate surface area is 535 Å². The predicted molar refractivity (Wildman–Crippen MR) is 366 cm³/mol. The van der Waals surface area contributed by atoms with Crippen LogP contribution in [0.15, 0.2) is 60.8 Å². The van der Waals surface area contributed by atoms with E-state index in [-0.39, 0.29) is 18.5 Å². The van der Waals surface area contributed by atoms with Crippen LogP contribution >= 0.6 is 0 Å². The lowest BCUT2D eigenvalue weighted by Crippen LogP contribution is -2.60. The van der Waals surface area contributed by atoms with Gasteiger partial charge in [-0.1, -0.05) is 293 Å². The van der Waals surface area contributed by atoms with Gasteiger partial charge in [0.15, 0.2) is 6.29 Å². The zero-order chi connectivity index (χ0) is 63.0. The van der Waals surface area contributed by atoms with Crippen molar-refractivity contribution < 1.29 is 49.3 Å². The van der Waals surface area contributed by atoms with Gasteiger partial charge in [0.25, 0.3) is 0 Å². The van der Waals surface area contributed by atoms with Gasteiger partial charge in [0, 0.05) is 12.8 Å². The van der Waals surface area contributed by atoms with Crippen LogP contribution in [0.3, 0.4) is 0 Å². The van der Waals surface area contributed by atoms with Crippen molar-refractivity contribution in [2.24, 2.45) is 0 Å². The highest BCUT2D eigenvalue weighted by atomic mass is 16.7. The van der Waals surface area contributed by atoms with Crippen LogP contribution in [0.5, 0.6) is 0 Å². The summed E-state index contributed by atoms with van der Waals surface area (Å²) in [5.41, 5.74) is 0. The van der Waals surface area contributed by atoms with Crippen molar-refractivity contribution in [1.29, 1.82) is 0 Å². The van der Waals surface area contributed by atoms with Crippen LogP contribution < -0.4 is 5.32 Å². The van der Waals surface area contributed by atoms with E-state index in [4.69, 9.17) is 14.2 Å². The van der Waals surface area contributed by atoms with Crippen LogP contribution in [-0.4, -0.2) is 100 Å². The quantitative estimate of drug-likeness (QED) is 0.0195. The first-order valence-electron chi connectivity index (χ1n) is 37.1. The summed E-state index contributed by atoms with van der Waals surface area (Å²) in [7, 11) is 0. The molecule has 0 aromatic carbocycles. The molecular weight excluding hydrogens is 1090 g/mol. The van der Waals surface area contributed by atoms with Gasteiger partial charge < -0.3 is 45.1 Å². The second-order valence-corrected chi connectivity index (χ2v) is 25.6. The van der Waals surface area contributed by atoms with E-state index in [0.717, 1.165) is 64.2 Å². The lowest BCUT2D eigenvalue weighted by molar-refractivity contribution is -0.302. The number of hydrogen-bond donors (Lipinski definition) is 6. The van der Waals surface area contributed by atoms with Crippen LogP contribution in [0.1, 0.15) is 348 Å². The maximum Gasteiger partial charge on any atom is 0.305 e. The van der Waals surface area contributed by atoms with Gasteiger partial charge in [-0.2, -0.15) is 0 Å². The van der Waals surface area contributed by atoms with Crippen molar-refractivity contribution >= 4 is 11.9 Å². The third-order valence-electron chi connectivity index (χ3n) is 17.3. The minimum atomic E-state index is -1.58. The average Bonchev–Trinajstić information content (AvgIpc) is 2.74. The van der Waals surface area contributed by atoms with E-state index >= 15 is 0 Å². The molecule has 0 radical (unpaired) electrons. The number of allylic oxidation sites excluding steroid dienone is 9. The maximum absolute atomic E-state index is 13.1. The molecule has 1 saturated heterocycles. The fourth-order valence-corrected chi connectivity index (χ4v) is 11.5. The topological polar surface area (TPSA) is 175 Å². The monoisotopic (exact) mass is 1230 g/mol. The summed E-state index contributed by atoms with van der Waals surface area (Å²) >= 11 is 0. The Morgan fingerprint density at radius 3 is 1.23 bits per heavy atom. The number of hydrogen-bond acceptors (Lipinski definition) is 10. The Balaban J connectivity index is 1.97. The zero-order valence-electron chi connectivity index (χ0n) is 56.5. The third-order valence-corrected chi connectivity index (χ3v) is 17.3. The summed E-state index contributed by atoms with van der Waals surface area (Å²) in [6.45, 7) is 4.32. The molecule has 1 aliphatic rings. The van der Waals surface area contributed by atoms with E-state index in [0.29, 0.717) is 19.4 Å². The first-order chi connectivity index (χ1) is 42.7. The predicted octanol–water partition coefficient (Wildman–Crippen LogP) is 19.3. The molecule has 508 valence electrons. The Morgan fingerprint density at radius 1 is 0.425 bits per heavy atom. The fourth-order valence-electron chi connectivity index (χ4n) is 11.5. The van der Waals surface area contributed by atoms with Crippen LogP contribution in [0.25, 0.3) is 0 Å². The summed E-state index contributed by atoms with van der Waals surface area (Å²) in [6, 6.07) is -0.827. The lowest BCUT2D eigenvalue weighted by atomic mass is 9.99. The number of aliphatic hydroxyl groups is 5. The fraction of sp³-hybridized carbons (Fsp3) is 0.842. The third kappa shape index (κ3) is 53.7. The highest BCUT2D eigenvalue weighted by molar-refractivity contribution is 5.76. The van der Waals surface area contributed by atoms with Gasteiger partial charge in [0.05, 0.1) is 32.0 Å². The van der Waals surface area contributed by atoms with Crippen molar-refractivity contribution in [3.8, 4) is 0 Å². The molecule has 7 unspecified atom stereocenters. The Hall–Kier alpha value is -2.64. The van der Waals surface area contributed by atoms with E-state index in [1.165, 1.54) is 257 Å². The number of aliphatic hydroxyl groups excluding tert-OH is 5. The molecule has 0 aromatic heterocycles. The molecule has 0 spiro atoms. The van der Waals surface area contributed by atoms with Gasteiger partial charge >= 0.3 is 5.97 Å². The SMILES string of the molecule is CCCCC/C=C\CCCCCCCC(=O)OCCCCCCCCCCC/C=C\C/C=C\CCCCCCCCCCCCCCCCCCCC(=O)NC(COC1OC(CO)C(O)C(O)C1O)C(O)/C=C/CC/C=C/CCCCCCCCCC. The molecule has 1 aliphatic heterocycles. The van der Waals surface area contributed by atoms with Crippen molar-refractivity contribution in [2.45, 2.75) is 391 Å². The molecule has 0 saturated carbocycles. The van der Waals surface area contributed by atoms with Gasteiger partial charge in [-0.15, -0.1) is 0 Å². The van der Waals surface area contributed by atoms with E-state index in [1.807, 2.05) is 6.08 Å². The molecular formula is C76H139NO10. The highest BCUT2D eigenvalue weighted by Gasteiger charge is 2.44. The Bertz CT molecular complexity index is 1630. The number of amides is 1. The Kier molecular flexibility index (Phi) is 61.4. The molecule has 11 nitrogen and oxygen atoms in total. The number of ether oxygens (including phenoxy) is 3. The van der Waals surface area contributed by atoms with Gasteiger partial charge in [0.1, 0.15) is 24.4 Å². The number of unbranched alkanes of at least 4 members (excludes halogenated alkanes) is 43. The standard InChI is InChI=1S/C76H139NO10/c1-3-5-7-9-11-13-15-17-39-42-46-50-54-58-62-69(79)68(67-86-76-75(84)74(83)73(82)70(66-78)87-76)77-71(80)63-59-55-51-47-43-40-37-35-33-31-29-27-25-23-21-19-18-20-22-24-26-28-30-32-34-36-38-41-45-49-53-57-61-65-85-72(81)64-60-56-52-48-44-16-14-12-10-8-6-4-2/h12,14,22,24,28,30,42,46,58,62,68-70,73-76,78-79,82-84H,3-11,13,15-21,23,25-27,29,31-41,43-45,47-57,59-61,63-67H2,1-2H3,(H,77,80)/b14-12-,24-22-,30-28-,46-42+,62-58+. The average molecular weight is 1230 g/mol. The molecule has 1 rings (SSSR count).